The van der Waals surface area contributed by atoms with E-state index >= 15 is 0 Å². The van der Waals surface area contributed by atoms with Crippen LogP contribution in [0.5, 0.6) is 0 Å². The average molecular weight is 242 g/mol. The number of nitrogens with one attached hydrogen (secondary N) is 1. The summed E-state index contributed by atoms with van der Waals surface area (Å²) in [5, 5.41) is 0. The van der Waals surface area contributed by atoms with Gasteiger partial charge in [0.25, 0.3) is 0 Å². The van der Waals surface area contributed by atoms with E-state index in [0.717, 1.165) is 12.0 Å². The number of hydrogen-bond acceptors (Lipinski definition) is 3. The second-order valence-electron chi connectivity index (χ2n) is 3.85. The number of unbranched alkanes of at least 4 members (excludes halogenated alkanes) is 1. The predicted molar refractivity (Wildman–Crippen MR) is 67.9 cm³/mol. The van der Waals surface area contributed by atoms with Gasteiger partial charge in [0.05, 0.1) is 11.4 Å². The number of nitrogens with two attached hydrogens (primary N) is 1. The van der Waals surface area contributed by atoms with Gasteiger partial charge in [-0.15, -0.1) is 0 Å². The molecule has 16 heavy (non-hydrogen) atoms. The molecule has 0 spiro atoms. The Hall–Kier alpha value is -1.23. The topological polar surface area (TPSA) is 72.2 Å². The molecule has 0 unspecified atom stereocenters. The number of rotatable bonds is 5. The first-order valence-corrected chi connectivity index (χ1v) is 6.96. The number of anilines is 2. The Labute approximate surface area is 96.9 Å². The molecule has 0 aliphatic carbocycles. The lowest BCUT2D eigenvalue weighted by molar-refractivity contribution is 0.598. The summed E-state index contributed by atoms with van der Waals surface area (Å²) in [6.07, 6.45) is 1.52. The summed E-state index contributed by atoms with van der Waals surface area (Å²) < 4.78 is 25.7. The van der Waals surface area contributed by atoms with E-state index in [9.17, 15) is 8.42 Å². The maximum Gasteiger partial charge on any atom is 0.232 e. The number of aryl methyl sites for hydroxylation is 1. The summed E-state index contributed by atoms with van der Waals surface area (Å²) >= 11 is 0. The highest BCUT2D eigenvalue weighted by atomic mass is 32.2. The maximum atomic E-state index is 11.6. The van der Waals surface area contributed by atoms with E-state index in [4.69, 9.17) is 5.73 Å². The normalized spacial score (nSPS) is 11.4. The van der Waals surface area contributed by atoms with Crippen molar-refractivity contribution in [1.29, 1.82) is 0 Å². The molecule has 0 aromatic heterocycles. The Morgan fingerprint density at radius 1 is 1.38 bits per heavy atom. The number of sulfonamides is 1. The van der Waals surface area contributed by atoms with Gasteiger partial charge in [0.2, 0.25) is 10.0 Å². The number of hydrogen-bond donors (Lipinski definition) is 2. The third kappa shape index (κ3) is 3.73. The van der Waals surface area contributed by atoms with E-state index < -0.39 is 10.0 Å². The van der Waals surface area contributed by atoms with Crippen LogP contribution >= 0.6 is 0 Å². The van der Waals surface area contributed by atoms with E-state index in [1.54, 1.807) is 18.2 Å². The number of benzene rings is 1. The molecule has 1 rings (SSSR count). The molecule has 0 aliphatic rings. The zero-order valence-electron chi connectivity index (χ0n) is 9.66. The lowest BCUT2D eigenvalue weighted by atomic mass is 10.2. The van der Waals surface area contributed by atoms with Crippen LogP contribution in [0, 0.1) is 6.92 Å². The van der Waals surface area contributed by atoms with Gasteiger partial charge in [0.1, 0.15) is 0 Å². The van der Waals surface area contributed by atoms with Gasteiger partial charge in [0.15, 0.2) is 0 Å². The van der Waals surface area contributed by atoms with Crippen LogP contribution in [-0.2, 0) is 10.0 Å². The highest BCUT2D eigenvalue weighted by Gasteiger charge is 2.09. The van der Waals surface area contributed by atoms with Crippen LogP contribution in [0.15, 0.2) is 18.2 Å². The van der Waals surface area contributed by atoms with Gasteiger partial charge in [0, 0.05) is 5.69 Å². The highest BCUT2D eigenvalue weighted by molar-refractivity contribution is 7.92. The van der Waals surface area contributed by atoms with Crippen molar-refractivity contribution in [3.63, 3.8) is 0 Å². The van der Waals surface area contributed by atoms with Crippen molar-refractivity contribution in [3.05, 3.63) is 23.8 Å². The molecule has 5 heteroatoms. The molecule has 90 valence electrons. The van der Waals surface area contributed by atoms with Crippen LogP contribution in [0.3, 0.4) is 0 Å². The van der Waals surface area contributed by atoms with Crippen LogP contribution in [0.4, 0.5) is 11.4 Å². The molecule has 0 saturated heterocycles. The summed E-state index contributed by atoms with van der Waals surface area (Å²) in [4.78, 5) is 0. The molecule has 0 saturated carbocycles. The third-order valence-corrected chi connectivity index (χ3v) is 3.69. The van der Waals surface area contributed by atoms with Gasteiger partial charge >= 0.3 is 0 Å². The molecule has 1 aromatic carbocycles. The van der Waals surface area contributed by atoms with Gasteiger partial charge in [-0.2, -0.15) is 0 Å². The molecular weight excluding hydrogens is 224 g/mol. The molecule has 0 bridgehead atoms. The van der Waals surface area contributed by atoms with Gasteiger partial charge in [-0.1, -0.05) is 19.4 Å². The minimum atomic E-state index is -3.23. The molecule has 0 amide bonds. The highest BCUT2D eigenvalue weighted by Crippen LogP contribution is 2.18. The maximum absolute atomic E-state index is 11.6. The zero-order chi connectivity index (χ0) is 12.2. The lowest BCUT2D eigenvalue weighted by Crippen LogP contribution is -2.16. The Balaban J connectivity index is 2.76. The first kappa shape index (κ1) is 12.8. The van der Waals surface area contributed by atoms with Gasteiger partial charge in [-0.3, -0.25) is 4.72 Å². The SMILES string of the molecule is CCCCS(=O)(=O)Nc1ccc(C)c(N)c1. The van der Waals surface area contributed by atoms with Gasteiger partial charge < -0.3 is 5.73 Å². The fourth-order valence-electron chi connectivity index (χ4n) is 1.27. The van der Waals surface area contributed by atoms with Crippen molar-refractivity contribution in [2.75, 3.05) is 16.2 Å². The predicted octanol–water partition coefficient (Wildman–Crippen LogP) is 2.12. The Morgan fingerprint density at radius 3 is 2.62 bits per heavy atom. The molecule has 4 nitrogen and oxygen atoms in total. The summed E-state index contributed by atoms with van der Waals surface area (Å²) in [6.45, 7) is 3.84. The van der Waals surface area contributed by atoms with Gasteiger partial charge in [-0.05, 0) is 31.0 Å². The van der Waals surface area contributed by atoms with Crippen LogP contribution in [-0.4, -0.2) is 14.2 Å². The van der Waals surface area contributed by atoms with E-state index in [1.807, 2.05) is 13.8 Å². The fraction of sp³-hybridized carbons (Fsp3) is 0.455. The Morgan fingerprint density at radius 2 is 2.06 bits per heavy atom. The van der Waals surface area contributed by atoms with Crippen LogP contribution in [0.2, 0.25) is 0 Å². The standard InChI is InChI=1S/C11H18N2O2S/c1-3-4-7-16(14,15)13-10-6-5-9(2)11(12)8-10/h5-6,8,13H,3-4,7,12H2,1-2H3. The van der Waals surface area contributed by atoms with Crippen molar-refractivity contribution < 1.29 is 8.42 Å². The smallest absolute Gasteiger partial charge is 0.232 e. The molecule has 1 aromatic rings. The molecular formula is C11H18N2O2S. The van der Waals surface area contributed by atoms with Crippen molar-refractivity contribution >= 4 is 21.4 Å². The molecule has 0 atom stereocenters. The fourth-order valence-corrected chi connectivity index (χ4v) is 2.53. The number of nitrogen functional groups attached to an aromatic ring is 1. The van der Waals surface area contributed by atoms with E-state index in [2.05, 4.69) is 4.72 Å². The van der Waals surface area contributed by atoms with Crippen LogP contribution in [0.1, 0.15) is 25.3 Å². The van der Waals surface area contributed by atoms with Crippen molar-refractivity contribution in [2.45, 2.75) is 26.7 Å². The minimum absolute atomic E-state index is 0.150. The third-order valence-electron chi connectivity index (χ3n) is 2.32. The first-order valence-electron chi connectivity index (χ1n) is 5.31. The first-order chi connectivity index (χ1) is 7.44. The van der Waals surface area contributed by atoms with Crippen molar-refractivity contribution in [1.82, 2.24) is 0 Å². The molecule has 0 aliphatic heterocycles. The van der Waals surface area contributed by atoms with E-state index in [1.165, 1.54) is 0 Å². The summed E-state index contributed by atoms with van der Waals surface area (Å²) in [5.74, 6) is 0.150. The molecule has 0 fully saturated rings. The Bertz CT molecular complexity index is 455. The quantitative estimate of drug-likeness (QED) is 0.777. The lowest BCUT2D eigenvalue weighted by Gasteiger charge is -2.09. The van der Waals surface area contributed by atoms with Crippen LogP contribution < -0.4 is 10.5 Å². The second kappa shape index (κ2) is 5.21. The summed E-state index contributed by atoms with van der Waals surface area (Å²) in [7, 11) is -3.23. The summed E-state index contributed by atoms with van der Waals surface area (Å²) in [6, 6.07) is 5.15. The van der Waals surface area contributed by atoms with Crippen molar-refractivity contribution in [2.24, 2.45) is 0 Å². The average Bonchev–Trinajstić information content (AvgIpc) is 2.20. The second-order valence-corrected chi connectivity index (χ2v) is 5.69. The van der Waals surface area contributed by atoms with Crippen molar-refractivity contribution in [3.8, 4) is 0 Å². The summed E-state index contributed by atoms with van der Waals surface area (Å²) in [5.41, 5.74) is 7.77. The minimum Gasteiger partial charge on any atom is -0.398 e. The molecule has 0 heterocycles. The Kier molecular flexibility index (Phi) is 4.18. The van der Waals surface area contributed by atoms with E-state index in [-0.39, 0.29) is 5.75 Å². The largest absolute Gasteiger partial charge is 0.398 e. The van der Waals surface area contributed by atoms with Crippen LogP contribution in [0.25, 0.3) is 0 Å². The van der Waals surface area contributed by atoms with E-state index in [0.29, 0.717) is 17.8 Å². The monoisotopic (exact) mass is 242 g/mol. The van der Waals surface area contributed by atoms with Gasteiger partial charge in [-0.25, -0.2) is 8.42 Å². The molecule has 3 N–H and O–H groups in total. The zero-order valence-corrected chi connectivity index (χ0v) is 10.5. The molecule has 0 radical (unpaired) electrons.